The number of carbonyl (C=O) groups is 1. The minimum Gasteiger partial charge on any atom is -0.351 e. The van der Waals surface area contributed by atoms with Crippen LogP contribution in [0.4, 0.5) is 4.39 Å². The molecule has 24 heavy (non-hydrogen) atoms. The van der Waals surface area contributed by atoms with Crippen LogP contribution in [-0.4, -0.2) is 35.4 Å². The summed E-state index contributed by atoms with van der Waals surface area (Å²) in [7, 11) is 1.98. The third-order valence-corrected chi connectivity index (χ3v) is 4.67. The number of rotatable bonds is 4. The molecular weight excluding hydrogens is 329 g/mol. The fourth-order valence-electron chi connectivity index (χ4n) is 3.23. The fraction of sp³-hybridized carbons (Fsp3) is 0.333. The molecule has 2 atom stereocenters. The van der Waals surface area contributed by atoms with Gasteiger partial charge in [0, 0.05) is 25.0 Å². The van der Waals surface area contributed by atoms with E-state index in [1.54, 1.807) is 18.5 Å². The second-order valence-electron chi connectivity index (χ2n) is 6.10. The van der Waals surface area contributed by atoms with Gasteiger partial charge >= 0.3 is 0 Å². The van der Waals surface area contributed by atoms with Crippen molar-refractivity contribution in [2.75, 3.05) is 13.6 Å². The summed E-state index contributed by atoms with van der Waals surface area (Å²) in [5.74, 6) is -0.488. The second kappa shape index (κ2) is 7.28. The minimum absolute atomic E-state index is 0.0530. The Kier molecular flexibility index (Phi) is 5.11. The lowest BCUT2D eigenvalue weighted by atomic mass is 9.99. The van der Waals surface area contributed by atoms with Crippen LogP contribution in [0.25, 0.3) is 0 Å². The first-order chi connectivity index (χ1) is 11.5. The number of aromatic nitrogens is 1. The molecule has 2 aromatic rings. The molecule has 1 aromatic heterocycles. The highest BCUT2D eigenvalue weighted by Crippen LogP contribution is 2.32. The number of amides is 1. The zero-order valence-corrected chi connectivity index (χ0v) is 14.1. The average molecular weight is 348 g/mol. The molecule has 126 valence electrons. The Hall–Kier alpha value is -1.98. The van der Waals surface area contributed by atoms with E-state index in [4.69, 9.17) is 11.6 Å². The molecule has 0 radical (unpaired) electrons. The Bertz CT molecular complexity index is 725. The van der Waals surface area contributed by atoms with Gasteiger partial charge in [-0.2, -0.15) is 0 Å². The topological polar surface area (TPSA) is 45.2 Å². The van der Waals surface area contributed by atoms with Crippen molar-refractivity contribution < 1.29 is 9.18 Å². The maximum Gasteiger partial charge on any atom is 0.224 e. The van der Waals surface area contributed by atoms with E-state index in [-0.39, 0.29) is 29.4 Å². The summed E-state index contributed by atoms with van der Waals surface area (Å²) < 4.78 is 13.8. The molecule has 4 nitrogen and oxygen atoms in total. The number of carbonyl (C=O) groups excluding carboxylic acids is 1. The molecule has 1 aliphatic heterocycles. The van der Waals surface area contributed by atoms with Crippen molar-refractivity contribution in [2.24, 2.45) is 0 Å². The Morgan fingerprint density at radius 3 is 3.00 bits per heavy atom. The number of halogens is 2. The van der Waals surface area contributed by atoms with Gasteiger partial charge in [-0.05, 0) is 42.8 Å². The summed E-state index contributed by atoms with van der Waals surface area (Å²) in [4.78, 5) is 18.5. The Balaban J connectivity index is 1.72. The first kappa shape index (κ1) is 16.9. The minimum atomic E-state index is -0.435. The van der Waals surface area contributed by atoms with Crippen LogP contribution in [0, 0.1) is 5.82 Å². The second-order valence-corrected chi connectivity index (χ2v) is 6.51. The quantitative estimate of drug-likeness (QED) is 0.924. The smallest absolute Gasteiger partial charge is 0.224 e. The van der Waals surface area contributed by atoms with Gasteiger partial charge < -0.3 is 5.32 Å². The SMILES string of the molecule is CN1CC[C@@H](NC(=O)Cc2cccnc2)[C@@H]1c1ccc(Cl)c(F)c1. The summed E-state index contributed by atoms with van der Waals surface area (Å²) in [6, 6.07) is 8.40. The van der Waals surface area contributed by atoms with E-state index in [0.717, 1.165) is 24.1 Å². The number of likely N-dealkylation sites (tertiary alicyclic amines) is 1. The molecule has 0 unspecified atom stereocenters. The van der Waals surface area contributed by atoms with Crippen LogP contribution in [0.5, 0.6) is 0 Å². The molecule has 1 aliphatic rings. The fourth-order valence-corrected chi connectivity index (χ4v) is 3.34. The van der Waals surface area contributed by atoms with Crippen molar-refractivity contribution in [1.82, 2.24) is 15.2 Å². The standard InChI is InChI=1S/C18H19ClFN3O/c1-23-8-6-16(18(23)13-4-5-14(19)15(20)10-13)22-17(24)9-12-3-2-7-21-11-12/h2-5,7,10-11,16,18H,6,8-9H2,1H3,(H,22,24)/t16-,18+/m1/s1. The van der Waals surface area contributed by atoms with Gasteiger partial charge in [-0.1, -0.05) is 23.7 Å². The van der Waals surface area contributed by atoms with Crippen molar-refractivity contribution in [1.29, 1.82) is 0 Å². The first-order valence-corrected chi connectivity index (χ1v) is 8.26. The number of benzene rings is 1. The van der Waals surface area contributed by atoms with Gasteiger partial charge in [-0.15, -0.1) is 0 Å². The predicted octanol–water partition coefficient (Wildman–Crippen LogP) is 2.98. The average Bonchev–Trinajstić information content (AvgIpc) is 2.91. The highest BCUT2D eigenvalue weighted by Gasteiger charge is 2.34. The van der Waals surface area contributed by atoms with E-state index in [1.165, 1.54) is 6.07 Å². The van der Waals surface area contributed by atoms with Gasteiger partial charge in [0.2, 0.25) is 5.91 Å². The molecule has 3 rings (SSSR count). The molecule has 1 aromatic carbocycles. The van der Waals surface area contributed by atoms with E-state index < -0.39 is 5.82 Å². The summed E-state index contributed by atoms with van der Waals surface area (Å²) >= 11 is 5.77. The van der Waals surface area contributed by atoms with E-state index in [9.17, 15) is 9.18 Å². The molecule has 1 amide bonds. The summed E-state index contributed by atoms with van der Waals surface area (Å²) in [5.41, 5.74) is 1.69. The number of hydrogen-bond donors (Lipinski definition) is 1. The van der Waals surface area contributed by atoms with Gasteiger partial charge in [-0.3, -0.25) is 14.7 Å². The molecule has 2 heterocycles. The zero-order valence-electron chi connectivity index (χ0n) is 13.4. The van der Waals surface area contributed by atoms with Gasteiger partial charge in [0.15, 0.2) is 0 Å². The number of nitrogens with zero attached hydrogens (tertiary/aromatic N) is 2. The molecule has 1 fully saturated rings. The van der Waals surface area contributed by atoms with Crippen LogP contribution >= 0.6 is 11.6 Å². The van der Waals surface area contributed by atoms with Gasteiger partial charge in [-0.25, -0.2) is 4.39 Å². The molecular formula is C18H19ClFN3O. The van der Waals surface area contributed by atoms with Crippen molar-refractivity contribution in [3.63, 3.8) is 0 Å². The first-order valence-electron chi connectivity index (χ1n) is 7.88. The number of hydrogen-bond acceptors (Lipinski definition) is 3. The third-order valence-electron chi connectivity index (χ3n) is 4.37. The highest BCUT2D eigenvalue weighted by molar-refractivity contribution is 6.30. The van der Waals surface area contributed by atoms with Crippen molar-refractivity contribution in [3.8, 4) is 0 Å². The maximum absolute atomic E-state index is 13.8. The summed E-state index contributed by atoms with van der Waals surface area (Å²) in [6.45, 7) is 0.840. The lowest BCUT2D eigenvalue weighted by molar-refractivity contribution is -0.121. The van der Waals surface area contributed by atoms with Gasteiger partial charge in [0.25, 0.3) is 0 Å². The van der Waals surface area contributed by atoms with E-state index in [2.05, 4.69) is 15.2 Å². The van der Waals surface area contributed by atoms with Crippen molar-refractivity contribution >= 4 is 17.5 Å². The molecule has 1 N–H and O–H groups in total. The molecule has 6 heteroatoms. The Morgan fingerprint density at radius 1 is 1.46 bits per heavy atom. The summed E-state index contributed by atoms with van der Waals surface area (Å²) in [6.07, 6.45) is 4.48. The van der Waals surface area contributed by atoms with Crippen LogP contribution < -0.4 is 5.32 Å². The van der Waals surface area contributed by atoms with Crippen molar-refractivity contribution in [2.45, 2.75) is 24.9 Å². The maximum atomic E-state index is 13.8. The highest BCUT2D eigenvalue weighted by atomic mass is 35.5. The van der Waals surface area contributed by atoms with Crippen LogP contribution in [0.2, 0.25) is 5.02 Å². The van der Waals surface area contributed by atoms with Crippen LogP contribution in [-0.2, 0) is 11.2 Å². The van der Waals surface area contributed by atoms with E-state index >= 15 is 0 Å². The number of likely N-dealkylation sites (N-methyl/N-ethyl adjacent to an activating group) is 1. The third kappa shape index (κ3) is 3.74. The molecule has 0 aliphatic carbocycles. The van der Waals surface area contributed by atoms with Crippen molar-refractivity contribution in [3.05, 3.63) is 64.7 Å². The van der Waals surface area contributed by atoms with Crippen LogP contribution in [0.3, 0.4) is 0 Å². The number of pyridine rings is 1. The van der Waals surface area contributed by atoms with Gasteiger partial charge in [0.1, 0.15) is 5.82 Å². The molecule has 1 saturated heterocycles. The number of nitrogens with one attached hydrogen (secondary N) is 1. The van der Waals surface area contributed by atoms with Gasteiger partial charge in [0.05, 0.1) is 17.5 Å². The van der Waals surface area contributed by atoms with E-state index in [0.29, 0.717) is 0 Å². The zero-order chi connectivity index (χ0) is 17.1. The van der Waals surface area contributed by atoms with Crippen LogP contribution in [0.15, 0.2) is 42.7 Å². The molecule has 0 bridgehead atoms. The van der Waals surface area contributed by atoms with E-state index in [1.807, 2.05) is 25.2 Å². The predicted molar refractivity (Wildman–Crippen MR) is 91.3 cm³/mol. The lowest BCUT2D eigenvalue weighted by Crippen LogP contribution is -2.39. The normalized spacial score (nSPS) is 21.0. The Morgan fingerprint density at radius 2 is 2.29 bits per heavy atom. The Labute approximate surface area is 145 Å². The van der Waals surface area contributed by atoms with Crippen LogP contribution in [0.1, 0.15) is 23.6 Å². The lowest BCUT2D eigenvalue weighted by Gasteiger charge is -2.26. The monoisotopic (exact) mass is 347 g/mol. The molecule has 0 saturated carbocycles. The largest absolute Gasteiger partial charge is 0.351 e. The molecule has 0 spiro atoms. The summed E-state index contributed by atoms with van der Waals surface area (Å²) in [5, 5.41) is 3.18.